The van der Waals surface area contributed by atoms with E-state index in [4.69, 9.17) is 0 Å². The molecule has 2 aromatic rings. The van der Waals surface area contributed by atoms with Crippen molar-refractivity contribution in [1.82, 2.24) is 14.9 Å². The third-order valence-corrected chi connectivity index (χ3v) is 5.62. The molecular formula is C23H20N4O2. The minimum absolute atomic E-state index is 0.00513. The summed E-state index contributed by atoms with van der Waals surface area (Å²) < 4.78 is 1.97. The first-order valence-electron chi connectivity index (χ1n) is 9.78. The average Bonchev–Trinajstić information content (AvgIpc) is 3.41. The van der Waals surface area contributed by atoms with Crippen molar-refractivity contribution in [2.24, 2.45) is 10.9 Å². The monoisotopic (exact) mass is 384 g/mol. The molecule has 6 heteroatoms. The Morgan fingerprint density at radius 2 is 2.10 bits per heavy atom. The van der Waals surface area contributed by atoms with Gasteiger partial charge in [-0.05, 0) is 54.7 Å². The number of nitrogens with one attached hydrogen (secondary N) is 1. The van der Waals surface area contributed by atoms with Crippen molar-refractivity contribution in [3.8, 4) is 0 Å². The molecule has 0 spiro atoms. The predicted octanol–water partition coefficient (Wildman–Crippen LogP) is 3.19. The molecule has 2 amide bonds. The van der Waals surface area contributed by atoms with Gasteiger partial charge in [0.1, 0.15) is 0 Å². The van der Waals surface area contributed by atoms with Crippen LogP contribution in [0.15, 0.2) is 83.1 Å². The summed E-state index contributed by atoms with van der Waals surface area (Å²) in [5.41, 5.74) is 5.15. The highest BCUT2D eigenvalue weighted by atomic mass is 16.2. The fraction of sp³-hybridized carbons (Fsp3) is 0.217. The molecule has 0 radical (unpaired) electrons. The lowest BCUT2D eigenvalue weighted by molar-refractivity contribution is -0.117. The van der Waals surface area contributed by atoms with E-state index in [2.05, 4.69) is 15.3 Å². The van der Waals surface area contributed by atoms with E-state index in [-0.39, 0.29) is 17.7 Å². The fourth-order valence-corrected chi connectivity index (χ4v) is 4.18. The second kappa shape index (κ2) is 7.13. The molecule has 6 nitrogen and oxygen atoms in total. The lowest BCUT2D eigenvalue weighted by atomic mass is 9.85. The normalized spacial score (nSPS) is 21.7. The van der Waals surface area contributed by atoms with E-state index >= 15 is 0 Å². The average molecular weight is 384 g/mol. The maximum atomic E-state index is 12.6. The van der Waals surface area contributed by atoms with Crippen LogP contribution in [-0.2, 0) is 11.3 Å². The minimum atomic E-state index is -0.294. The molecule has 0 saturated heterocycles. The maximum absolute atomic E-state index is 12.6. The first kappa shape index (κ1) is 17.6. The largest absolute Gasteiger partial charge is 0.333 e. The molecule has 1 aromatic carbocycles. The van der Waals surface area contributed by atoms with Gasteiger partial charge >= 0.3 is 0 Å². The van der Waals surface area contributed by atoms with Crippen LogP contribution >= 0.6 is 0 Å². The summed E-state index contributed by atoms with van der Waals surface area (Å²) in [6.07, 6.45) is 14.0. The summed E-state index contributed by atoms with van der Waals surface area (Å²) in [6.45, 7) is 0.705. The van der Waals surface area contributed by atoms with Crippen molar-refractivity contribution in [3.05, 3.63) is 89.2 Å². The zero-order valence-electron chi connectivity index (χ0n) is 15.8. The molecule has 3 aliphatic rings. The number of amides is 2. The van der Waals surface area contributed by atoms with E-state index in [9.17, 15) is 9.59 Å². The topological polar surface area (TPSA) is 76.3 Å². The van der Waals surface area contributed by atoms with Crippen LogP contribution < -0.4 is 5.32 Å². The highest BCUT2D eigenvalue weighted by Gasteiger charge is 2.34. The van der Waals surface area contributed by atoms with Crippen molar-refractivity contribution in [3.63, 3.8) is 0 Å². The van der Waals surface area contributed by atoms with E-state index in [0.717, 1.165) is 36.1 Å². The number of allylic oxidation sites excluding steroid dienone is 3. The molecule has 5 rings (SSSR count). The van der Waals surface area contributed by atoms with Crippen LogP contribution in [0.5, 0.6) is 0 Å². The third-order valence-electron chi connectivity index (χ3n) is 5.62. The minimum Gasteiger partial charge on any atom is -0.333 e. The van der Waals surface area contributed by atoms with Crippen LogP contribution in [0.25, 0.3) is 0 Å². The Kier molecular flexibility index (Phi) is 4.31. The van der Waals surface area contributed by atoms with Crippen LogP contribution in [0.2, 0.25) is 0 Å². The van der Waals surface area contributed by atoms with E-state index in [1.165, 1.54) is 5.57 Å². The SMILES string of the molecule is O=C1NC2=CC(=NC(=O)c3ccc(Cn4ccnc4)cc3)C=CC2C2=C1CCC2. The van der Waals surface area contributed by atoms with Crippen LogP contribution in [0, 0.1) is 5.92 Å². The lowest BCUT2D eigenvalue weighted by Crippen LogP contribution is -2.35. The summed E-state index contributed by atoms with van der Waals surface area (Å²) in [5, 5.41) is 2.97. The summed E-state index contributed by atoms with van der Waals surface area (Å²) >= 11 is 0. The van der Waals surface area contributed by atoms with E-state index in [1.54, 1.807) is 24.7 Å². The number of carbonyl (C=O) groups is 2. The first-order valence-corrected chi connectivity index (χ1v) is 9.78. The van der Waals surface area contributed by atoms with Crippen LogP contribution in [0.3, 0.4) is 0 Å². The number of benzene rings is 1. The van der Waals surface area contributed by atoms with Crippen molar-refractivity contribution in [2.75, 3.05) is 0 Å². The number of hydrogen-bond acceptors (Lipinski definition) is 3. The van der Waals surface area contributed by atoms with Gasteiger partial charge in [0.2, 0.25) is 0 Å². The van der Waals surface area contributed by atoms with Gasteiger partial charge in [0.25, 0.3) is 11.8 Å². The molecule has 1 N–H and O–H groups in total. The van der Waals surface area contributed by atoms with Gasteiger partial charge in [-0.1, -0.05) is 18.2 Å². The molecule has 29 heavy (non-hydrogen) atoms. The van der Waals surface area contributed by atoms with Gasteiger partial charge in [0.15, 0.2) is 0 Å². The second-order valence-corrected chi connectivity index (χ2v) is 7.52. The zero-order valence-corrected chi connectivity index (χ0v) is 15.8. The van der Waals surface area contributed by atoms with Crippen LogP contribution in [-0.4, -0.2) is 27.1 Å². The maximum Gasteiger partial charge on any atom is 0.277 e. The number of hydrogen-bond donors (Lipinski definition) is 1. The van der Waals surface area contributed by atoms with E-state index < -0.39 is 0 Å². The molecule has 1 aromatic heterocycles. The second-order valence-electron chi connectivity index (χ2n) is 7.52. The van der Waals surface area contributed by atoms with Crippen molar-refractivity contribution in [1.29, 1.82) is 0 Å². The van der Waals surface area contributed by atoms with E-state index in [1.807, 2.05) is 41.1 Å². The highest BCUT2D eigenvalue weighted by molar-refractivity contribution is 6.14. The molecule has 0 fully saturated rings. The number of rotatable bonds is 3. The van der Waals surface area contributed by atoms with Gasteiger partial charge in [0.05, 0.1) is 12.0 Å². The van der Waals surface area contributed by atoms with Gasteiger partial charge in [-0.15, -0.1) is 0 Å². The van der Waals surface area contributed by atoms with Gasteiger partial charge in [-0.25, -0.2) is 9.98 Å². The number of imidazole rings is 1. The van der Waals surface area contributed by atoms with Gasteiger partial charge in [-0.3, -0.25) is 9.59 Å². The molecule has 1 atom stereocenters. The molecule has 0 saturated carbocycles. The Hall–Kier alpha value is -3.54. The summed E-state index contributed by atoms with van der Waals surface area (Å²) in [7, 11) is 0. The number of aliphatic imine (C=N–C) groups is 1. The van der Waals surface area contributed by atoms with Crippen molar-refractivity contribution < 1.29 is 9.59 Å². The summed E-state index contributed by atoms with van der Waals surface area (Å²) in [5.74, 6) is -0.187. The molecular weight excluding hydrogens is 364 g/mol. The first-order chi connectivity index (χ1) is 14.2. The molecule has 1 unspecified atom stereocenters. The molecule has 2 aliphatic carbocycles. The number of fused-ring (bicyclic) bond motifs is 2. The van der Waals surface area contributed by atoms with Crippen molar-refractivity contribution >= 4 is 17.5 Å². The quantitative estimate of drug-likeness (QED) is 0.883. The molecule has 2 heterocycles. The highest BCUT2D eigenvalue weighted by Crippen LogP contribution is 2.39. The predicted molar refractivity (Wildman–Crippen MR) is 109 cm³/mol. The summed E-state index contributed by atoms with van der Waals surface area (Å²) in [4.78, 5) is 33.1. The fourth-order valence-electron chi connectivity index (χ4n) is 4.18. The number of nitrogens with zero attached hydrogens (tertiary/aromatic N) is 3. The van der Waals surface area contributed by atoms with Crippen molar-refractivity contribution in [2.45, 2.75) is 25.8 Å². The van der Waals surface area contributed by atoms with E-state index in [0.29, 0.717) is 17.8 Å². The molecule has 144 valence electrons. The van der Waals surface area contributed by atoms with Gasteiger partial charge in [0, 0.05) is 41.7 Å². The van der Waals surface area contributed by atoms with Crippen LogP contribution in [0.1, 0.15) is 35.2 Å². The molecule has 0 bridgehead atoms. The molecule has 1 aliphatic heterocycles. The van der Waals surface area contributed by atoms with Crippen LogP contribution in [0.4, 0.5) is 0 Å². The number of carbonyl (C=O) groups excluding carboxylic acids is 2. The Morgan fingerprint density at radius 3 is 2.90 bits per heavy atom. The smallest absolute Gasteiger partial charge is 0.277 e. The van der Waals surface area contributed by atoms with Gasteiger partial charge < -0.3 is 9.88 Å². The van der Waals surface area contributed by atoms with Gasteiger partial charge in [-0.2, -0.15) is 0 Å². The Morgan fingerprint density at radius 1 is 1.24 bits per heavy atom. The Balaban J connectivity index is 1.33. The Labute approximate surface area is 168 Å². The summed E-state index contributed by atoms with van der Waals surface area (Å²) in [6, 6.07) is 7.43. The third kappa shape index (κ3) is 3.38. The lowest BCUT2D eigenvalue weighted by Gasteiger charge is -2.28. The zero-order chi connectivity index (χ0) is 19.8. The Bertz CT molecular complexity index is 1100. The number of aromatic nitrogens is 2. The standard InChI is InChI=1S/C23H20N4O2/c28-22(16-6-4-15(5-7-16)13-27-11-10-24-14-27)25-17-8-9-19-18-2-1-3-20(18)23(29)26-21(19)12-17/h4-12,14,19H,1-3,13H2,(H,26,29).